The third-order valence-corrected chi connectivity index (χ3v) is 8.09. The maximum absolute atomic E-state index is 12.7. The van der Waals surface area contributed by atoms with Gasteiger partial charge in [-0.3, -0.25) is 10.1 Å². The van der Waals surface area contributed by atoms with Gasteiger partial charge in [0.25, 0.3) is 5.91 Å². The number of ether oxygens (including phenoxy) is 1. The van der Waals surface area contributed by atoms with E-state index in [0.717, 1.165) is 70.6 Å². The predicted molar refractivity (Wildman–Crippen MR) is 145 cm³/mol. The van der Waals surface area contributed by atoms with Gasteiger partial charge in [0.2, 0.25) is 0 Å². The molecule has 3 N–H and O–H groups in total. The SMILES string of the molecule is CCc1cc(N2CCC3=C(CNC(C4=CC=CCN4)N3)C2C)cc(OCC(=O)N2CCCC2)c1CC. The summed E-state index contributed by atoms with van der Waals surface area (Å²) >= 11 is 0. The van der Waals surface area contributed by atoms with Gasteiger partial charge in [0.05, 0.1) is 6.04 Å². The van der Waals surface area contributed by atoms with Crippen LogP contribution in [0.15, 0.2) is 47.3 Å². The molecule has 4 aliphatic heterocycles. The first-order valence-corrected chi connectivity index (χ1v) is 13.7. The second-order valence-corrected chi connectivity index (χ2v) is 10.2. The lowest BCUT2D eigenvalue weighted by atomic mass is 9.93. The molecular formula is C29H41N5O2. The van der Waals surface area contributed by atoms with E-state index < -0.39 is 0 Å². The molecule has 0 spiro atoms. The molecule has 4 heterocycles. The zero-order valence-corrected chi connectivity index (χ0v) is 22.0. The molecule has 7 heteroatoms. The molecule has 2 atom stereocenters. The number of benzene rings is 1. The lowest BCUT2D eigenvalue weighted by Crippen LogP contribution is -2.56. The van der Waals surface area contributed by atoms with Crippen molar-refractivity contribution in [3.63, 3.8) is 0 Å². The van der Waals surface area contributed by atoms with Crippen molar-refractivity contribution in [1.29, 1.82) is 0 Å². The highest BCUT2D eigenvalue weighted by Crippen LogP contribution is 2.35. The van der Waals surface area contributed by atoms with Crippen molar-refractivity contribution in [3.05, 3.63) is 58.5 Å². The number of nitrogens with one attached hydrogen (secondary N) is 3. The lowest BCUT2D eigenvalue weighted by Gasteiger charge is -2.43. The van der Waals surface area contributed by atoms with Crippen LogP contribution in [0.1, 0.15) is 51.2 Å². The second kappa shape index (κ2) is 11.0. The third-order valence-electron chi connectivity index (χ3n) is 8.09. The monoisotopic (exact) mass is 491 g/mol. The molecule has 1 saturated heterocycles. The van der Waals surface area contributed by atoms with E-state index in [1.807, 2.05) is 4.90 Å². The number of allylic oxidation sites excluding steroid dienone is 2. The first kappa shape index (κ1) is 24.8. The van der Waals surface area contributed by atoms with Crippen molar-refractivity contribution in [2.75, 3.05) is 44.2 Å². The van der Waals surface area contributed by atoms with E-state index in [1.54, 1.807) is 0 Å². The first-order valence-electron chi connectivity index (χ1n) is 13.7. The summed E-state index contributed by atoms with van der Waals surface area (Å²) in [5, 5.41) is 10.9. The van der Waals surface area contributed by atoms with Crippen LogP contribution in [-0.4, -0.2) is 62.3 Å². The molecule has 2 unspecified atom stereocenters. The van der Waals surface area contributed by atoms with Gasteiger partial charge in [0, 0.05) is 62.3 Å². The minimum atomic E-state index is 0.103. The van der Waals surface area contributed by atoms with E-state index in [4.69, 9.17) is 4.74 Å². The first-order chi connectivity index (χ1) is 17.6. The molecule has 1 aromatic carbocycles. The Kier molecular flexibility index (Phi) is 7.56. The Hall–Kier alpha value is -2.93. The highest BCUT2D eigenvalue weighted by Gasteiger charge is 2.32. The van der Waals surface area contributed by atoms with Gasteiger partial charge in [-0.05, 0) is 61.4 Å². The third kappa shape index (κ3) is 4.99. The van der Waals surface area contributed by atoms with Gasteiger partial charge < -0.3 is 25.2 Å². The van der Waals surface area contributed by atoms with E-state index in [0.29, 0.717) is 0 Å². The van der Waals surface area contributed by atoms with Gasteiger partial charge >= 0.3 is 0 Å². The van der Waals surface area contributed by atoms with E-state index in [9.17, 15) is 4.79 Å². The molecule has 4 aliphatic rings. The Morgan fingerprint density at radius 3 is 2.69 bits per heavy atom. The fourth-order valence-electron chi connectivity index (χ4n) is 5.99. The summed E-state index contributed by atoms with van der Waals surface area (Å²) < 4.78 is 6.23. The number of anilines is 1. The number of rotatable bonds is 7. The zero-order valence-electron chi connectivity index (χ0n) is 22.0. The summed E-state index contributed by atoms with van der Waals surface area (Å²) in [4.78, 5) is 17.1. The molecule has 0 aliphatic carbocycles. The standard InChI is InChI=1S/C29H41N5O2/c1-4-21-16-22(17-27(23(21)5-2)36-19-28(35)33-13-8-9-14-33)34-15-11-25-24(20(34)3)18-31-29(32-25)26-10-6-7-12-30-26/h6-7,10,16-17,20,29-32H,4-5,8-9,11-15,18-19H2,1-3H3. The van der Waals surface area contributed by atoms with Gasteiger partial charge in [0.1, 0.15) is 11.9 Å². The molecule has 0 radical (unpaired) electrons. The molecule has 1 amide bonds. The van der Waals surface area contributed by atoms with Gasteiger partial charge in [0.15, 0.2) is 6.61 Å². The smallest absolute Gasteiger partial charge is 0.260 e. The molecule has 1 aromatic rings. The van der Waals surface area contributed by atoms with Crippen LogP contribution in [0.3, 0.4) is 0 Å². The van der Waals surface area contributed by atoms with Crippen LogP contribution in [0, 0.1) is 0 Å². The molecule has 194 valence electrons. The number of carbonyl (C=O) groups excluding carboxylic acids is 1. The fraction of sp³-hybridized carbons (Fsp3) is 0.552. The maximum atomic E-state index is 12.7. The van der Waals surface area contributed by atoms with Crippen molar-refractivity contribution in [3.8, 4) is 5.75 Å². The summed E-state index contributed by atoms with van der Waals surface area (Å²) in [6, 6.07) is 4.79. The Morgan fingerprint density at radius 2 is 1.97 bits per heavy atom. The predicted octanol–water partition coefficient (Wildman–Crippen LogP) is 3.23. The van der Waals surface area contributed by atoms with Crippen molar-refractivity contribution >= 4 is 11.6 Å². The largest absolute Gasteiger partial charge is 0.483 e. The molecule has 36 heavy (non-hydrogen) atoms. The van der Waals surface area contributed by atoms with Crippen molar-refractivity contribution in [2.45, 2.75) is 65.1 Å². The summed E-state index contributed by atoms with van der Waals surface area (Å²) in [5.74, 6) is 0.973. The summed E-state index contributed by atoms with van der Waals surface area (Å²) in [6.45, 7) is 11.2. The van der Waals surface area contributed by atoms with E-state index in [1.165, 1.54) is 33.8 Å². The van der Waals surface area contributed by atoms with Crippen LogP contribution in [0.2, 0.25) is 0 Å². The minimum absolute atomic E-state index is 0.103. The Bertz CT molecular complexity index is 1070. The molecule has 7 nitrogen and oxygen atoms in total. The number of carbonyl (C=O) groups is 1. The van der Waals surface area contributed by atoms with Crippen LogP contribution in [-0.2, 0) is 17.6 Å². The zero-order chi connectivity index (χ0) is 25.1. The summed E-state index contributed by atoms with van der Waals surface area (Å²) in [6.07, 6.45) is 11.6. The number of nitrogens with zero attached hydrogens (tertiary/aromatic N) is 2. The van der Waals surface area contributed by atoms with Crippen molar-refractivity contribution in [2.24, 2.45) is 0 Å². The Morgan fingerprint density at radius 1 is 1.14 bits per heavy atom. The molecule has 5 rings (SSSR count). The van der Waals surface area contributed by atoms with Crippen molar-refractivity contribution in [1.82, 2.24) is 20.9 Å². The van der Waals surface area contributed by atoms with Gasteiger partial charge in [-0.2, -0.15) is 0 Å². The Labute approximate surface area is 215 Å². The summed E-state index contributed by atoms with van der Waals surface area (Å²) in [5.41, 5.74) is 7.73. The number of dihydropyridines is 1. The quantitative estimate of drug-likeness (QED) is 0.544. The second-order valence-electron chi connectivity index (χ2n) is 10.2. The van der Waals surface area contributed by atoms with Crippen LogP contribution in [0.4, 0.5) is 5.69 Å². The minimum Gasteiger partial charge on any atom is -0.483 e. The number of hydrogen-bond acceptors (Lipinski definition) is 6. The van der Waals surface area contributed by atoms with Gasteiger partial charge in [-0.25, -0.2) is 0 Å². The molecule has 1 fully saturated rings. The highest BCUT2D eigenvalue weighted by molar-refractivity contribution is 5.78. The fourth-order valence-corrected chi connectivity index (χ4v) is 5.99. The molecule has 0 aromatic heterocycles. The van der Waals surface area contributed by atoms with Crippen molar-refractivity contribution < 1.29 is 9.53 Å². The van der Waals surface area contributed by atoms with Crippen LogP contribution < -0.4 is 25.6 Å². The van der Waals surface area contributed by atoms with Crippen LogP contribution in [0.25, 0.3) is 0 Å². The highest BCUT2D eigenvalue weighted by atomic mass is 16.5. The average molecular weight is 492 g/mol. The van der Waals surface area contributed by atoms with Gasteiger partial charge in [-0.15, -0.1) is 0 Å². The van der Waals surface area contributed by atoms with E-state index >= 15 is 0 Å². The number of hydrogen-bond donors (Lipinski definition) is 3. The Balaban J connectivity index is 1.35. The van der Waals surface area contributed by atoms with E-state index in [-0.39, 0.29) is 24.7 Å². The molecule has 0 bridgehead atoms. The molecule has 0 saturated carbocycles. The number of aryl methyl sites for hydroxylation is 1. The normalized spacial score (nSPS) is 23.7. The van der Waals surface area contributed by atoms with E-state index in [2.05, 4.69) is 72.0 Å². The number of amides is 1. The van der Waals surface area contributed by atoms with Crippen LogP contribution in [0.5, 0.6) is 5.75 Å². The van der Waals surface area contributed by atoms with Gasteiger partial charge in [-0.1, -0.05) is 26.0 Å². The molecular weight excluding hydrogens is 450 g/mol. The maximum Gasteiger partial charge on any atom is 0.260 e. The summed E-state index contributed by atoms with van der Waals surface area (Å²) in [7, 11) is 0. The topological polar surface area (TPSA) is 68.9 Å². The number of likely N-dealkylation sites (tertiary alicyclic amines) is 1. The lowest BCUT2D eigenvalue weighted by molar-refractivity contribution is -0.132. The van der Waals surface area contributed by atoms with Crippen LogP contribution >= 0.6 is 0 Å². The average Bonchev–Trinajstić information content (AvgIpc) is 3.47.